The van der Waals surface area contributed by atoms with Gasteiger partial charge in [-0.3, -0.25) is 4.79 Å². The predicted octanol–water partition coefficient (Wildman–Crippen LogP) is 1.94. The summed E-state index contributed by atoms with van der Waals surface area (Å²) in [6, 6.07) is 0. The molecule has 1 saturated heterocycles. The number of nitrogens with zero attached hydrogens (tertiary/aromatic N) is 3. The smallest absolute Gasteiger partial charge is 0.253 e. The highest BCUT2D eigenvalue weighted by atomic mass is 19.2. The van der Waals surface area contributed by atoms with Gasteiger partial charge in [-0.1, -0.05) is 0 Å². The third-order valence-corrected chi connectivity index (χ3v) is 3.50. The fourth-order valence-corrected chi connectivity index (χ4v) is 2.50. The van der Waals surface area contributed by atoms with Gasteiger partial charge in [0.05, 0.1) is 5.92 Å². The summed E-state index contributed by atoms with van der Waals surface area (Å²) in [6.07, 6.45) is 1.06. The Kier molecular flexibility index (Phi) is 4.34. The summed E-state index contributed by atoms with van der Waals surface area (Å²) in [5, 5.41) is 0. The van der Waals surface area contributed by atoms with Crippen LogP contribution in [-0.2, 0) is 4.79 Å². The SMILES string of the molecule is CN(C)C(=O)C1CCCN(c2c(F)c(F)nc(F)c2F)C1. The molecule has 21 heavy (non-hydrogen) atoms. The van der Waals surface area contributed by atoms with E-state index in [0.717, 1.165) is 4.90 Å². The van der Waals surface area contributed by atoms with Crippen LogP contribution in [0.3, 0.4) is 0 Å². The topological polar surface area (TPSA) is 36.4 Å². The zero-order chi connectivity index (χ0) is 15.7. The molecule has 2 heterocycles. The van der Waals surface area contributed by atoms with Crippen LogP contribution in [0.2, 0.25) is 0 Å². The van der Waals surface area contributed by atoms with E-state index in [2.05, 4.69) is 4.98 Å². The minimum atomic E-state index is -1.69. The van der Waals surface area contributed by atoms with Crippen molar-refractivity contribution in [2.45, 2.75) is 12.8 Å². The first-order valence-corrected chi connectivity index (χ1v) is 6.49. The van der Waals surface area contributed by atoms with E-state index in [4.69, 9.17) is 0 Å². The molecule has 1 unspecified atom stereocenters. The molecular weight excluding hydrogens is 290 g/mol. The molecule has 1 aliphatic rings. The Morgan fingerprint density at radius 2 is 1.76 bits per heavy atom. The van der Waals surface area contributed by atoms with Crippen LogP contribution in [0.4, 0.5) is 23.2 Å². The number of halogens is 4. The van der Waals surface area contributed by atoms with Crippen LogP contribution in [0.15, 0.2) is 0 Å². The Bertz CT molecular complexity index is 539. The highest BCUT2D eigenvalue weighted by Crippen LogP contribution is 2.30. The number of carbonyl (C=O) groups is 1. The molecule has 4 nitrogen and oxygen atoms in total. The fourth-order valence-electron chi connectivity index (χ4n) is 2.50. The van der Waals surface area contributed by atoms with Crippen molar-refractivity contribution in [3.63, 3.8) is 0 Å². The number of hydrogen-bond acceptors (Lipinski definition) is 3. The lowest BCUT2D eigenvalue weighted by atomic mass is 9.96. The van der Waals surface area contributed by atoms with Gasteiger partial charge >= 0.3 is 0 Å². The molecule has 2 rings (SSSR count). The van der Waals surface area contributed by atoms with Gasteiger partial charge in [0.2, 0.25) is 17.5 Å². The van der Waals surface area contributed by atoms with Gasteiger partial charge in [-0.15, -0.1) is 0 Å². The molecule has 0 bridgehead atoms. The predicted molar refractivity (Wildman–Crippen MR) is 67.7 cm³/mol. The van der Waals surface area contributed by atoms with E-state index in [1.807, 2.05) is 0 Å². The van der Waals surface area contributed by atoms with Crippen molar-refractivity contribution in [3.05, 3.63) is 23.5 Å². The average Bonchev–Trinajstić information content (AvgIpc) is 2.45. The molecule has 0 aromatic carbocycles. The molecule has 1 fully saturated rings. The first-order valence-electron chi connectivity index (χ1n) is 6.49. The van der Waals surface area contributed by atoms with Crippen molar-refractivity contribution in [1.82, 2.24) is 9.88 Å². The molecular formula is C13H15F4N3O. The van der Waals surface area contributed by atoms with Crippen LogP contribution in [-0.4, -0.2) is 43.0 Å². The average molecular weight is 305 g/mol. The Morgan fingerprint density at radius 1 is 1.19 bits per heavy atom. The minimum Gasteiger partial charge on any atom is -0.366 e. The molecule has 0 N–H and O–H groups in total. The Balaban J connectivity index is 2.32. The maximum absolute atomic E-state index is 13.7. The summed E-state index contributed by atoms with van der Waals surface area (Å²) in [4.78, 5) is 17.0. The van der Waals surface area contributed by atoms with Gasteiger partial charge in [0.25, 0.3) is 11.9 Å². The van der Waals surface area contributed by atoms with Gasteiger partial charge < -0.3 is 9.80 Å². The number of anilines is 1. The molecule has 1 aromatic heterocycles. The van der Waals surface area contributed by atoms with Crippen LogP contribution in [0.25, 0.3) is 0 Å². The summed E-state index contributed by atoms with van der Waals surface area (Å²) < 4.78 is 53.8. The number of hydrogen-bond donors (Lipinski definition) is 0. The van der Waals surface area contributed by atoms with Crippen molar-refractivity contribution < 1.29 is 22.4 Å². The van der Waals surface area contributed by atoms with Crippen molar-refractivity contribution in [2.75, 3.05) is 32.1 Å². The molecule has 0 spiro atoms. The zero-order valence-corrected chi connectivity index (χ0v) is 11.7. The third-order valence-electron chi connectivity index (χ3n) is 3.50. The molecule has 0 radical (unpaired) electrons. The number of aromatic nitrogens is 1. The van der Waals surface area contributed by atoms with Crippen LogP contribution < -0.4 is 4.90 Å². The van der Waals surface area contributed by atoms with Gasteiger partial charge in [0, 0.05) is 27.2 Å². The second kappa shape index (κ2) is 5.87. The second-order valence-corrected chi connectivity index (χ2v) is 5.19. The molecule has 1 aromatic rings. The molecule has 8 heteroatoms. The van der Waals surface area contributed by atoms with E-state index < -0.39 is 35.1 Å². The summed E-state index contributed by atoms with van der Waals surface area (Å²) >= 11 is 0. The largest absolute Gasteiger partial charge is 0.366 e. The fraction of sp³-hybridized carbons (Fsp3) is 0.538. The van der Waals surface area contributed by atoms with Crippen LogP contribution in [0.5, 0.6) is 0 Å². The highest BCUT2D eigenvalue weighted by Gasteiger charge is 2.32. The van der Waals surface area contributed by atoms with Gasteiger partial charge in [-0.05, 0) is 12.8 Å². The third kappa shape index (κ3) is 2.93. The summed E-state index contributed by atoms with van der Waals surface area (Å²) in [7, 11) is 3.16. The van der Waals surface area contributed by atoms with Gasteiger partial charge in [0.1, 0.15) is 5.69 Å². The number of rotatable bonds is 2. The van der Waals surface area contributed by atoms with E-state index in [-0.39, 0.29) is 19.0 Å². The van der Waals surface area contributed by atoms with Gasteiger partial charge in [-0.25, -0.2) is 0 Å². The van der Waals surface area contributed by atoms with Crippen LogP contribution >= 0.6 is 0 Å². The second-order valence-electron chi connectivity index (χ2n) is 5.19. The van der Waals surface area contributed by atoms with Crippen molar-refractivity contribution in [1.29, 1.82) is 0 Å². The van der Waals surface area contributed by atoms with E-state index in [9.17, 15) is 22.4 Å². The lowest BCUT2D eigenvalue weighted by Crippen LogP contribution is -2.43. The normalized spacial score (nSPS) is 18.8. The monoisotopic (exact) mass is 305 g/mol. The molecule has 1 atom stereocenters. The lowest BCUT2D eigenvalue weighted by Gasteiger charge is -2.34. The van der Waals surface area contributed by atoms with Gasteiger partial charge in [0.15, 0.2) is 0 Å². The molecule has 116 valence electrons. The molecule has 0 saturated carbocycles. The molecule has 0 aliphatic carbocycles. The van der Waals surface area contributed by atoms with E-state index in [0.29, 0.717) is 12.8 Å². The van der Waals surface area contributed by atoms with Crippen molar-refractivity contribution in [2.24, 2.45) is 5.92 Å². The zero-order valence-electron chi connectivity index (χ0n) is 11.7. The number of pyridine rings is 1. The first-order chi connectivity index (χ1) is 9.82. The lowest BCUT2D eigenvalue weighted by molar-refractivity contribution is -0.133. The number of carbonyl (C=O) groups excluding carboxylic acids is 1. The maximum atomic E-state index is 13.7. The Hall–Kier alpha value is -1.86. The summed E-state index contributed by atoms with van der Waals surface area (Å²) in [5.74, 6) is -7.10. The standard InChI is InChI=1S/C13H15F4N3O/c1-19(2)13(21)7-4-3-5-20(6-7)10-8(14)11(16)18-12(17)9(10)15/h7H,3-6H2,1-2H3. The van der Waals surface area contributed by atoms with Gasteiger partial charge in [-0.2, -0.15) is 22.5 Å². The van der Waals surface area contributed by atoms with Crippen LogP contribution in [0.1, 0.15) is 12.8 Å². The van der Waals surface area contributed by atoms with Crippen LogP contribution in [0, 0.1) is 29.4 Å². The number of piperidine rings is 1. The Labute approximate surface area is 119 Å². The van der Waals surface area contributed by atoms with E-state index in [1.165, 1.54) is 4.90 Å². The maximum Gasteiger partial charge on any atom is 0.253 e. The molecule has 1 amide bonds. The summed E-state index contributed by atoms with van der Waals surface area (Å²) in [6.45, 7) is 0.224. The minimum absolute atomic E-state index is 0.00769. The first kappa shape index (κ1) is 15.5. The van der Waals surface area contributed by atoms with E-state index >= 15 is 0 Å². The quantitative estimate of drug-likeness (QED) is 0.619. The number of amides is 1. The van der Waals surface area contributed by atoms with Crippen molar-refractivity contribution >= 4 is 11.6 Å². The highest BCUT2D eigenvalue weighted by molar-refractivity contribution is 5.79. The van der Waals surface area contributed by atoms with E-state index in [1.54, 1.807) is 14.1 Å². The Morgan fingerprint density at radius 3 is 2.29 bits per heavy atom. The van der Waals surface area contributed by atoms with Crippen molar-refractivity contribution in [3.8, 4) is 0 Å². The molecule has 1 aliphatic heterocycles. The summed E-state index contributed by atoms with van der Waals surface area (Å²) in [5.41, 5.74) is -0.795.